The molecule has 0 aliphatic carbocycles. The molecular weight excluding hydrogens is 496 g/mol. The minimum atomic E-state index is -4.36. The van der Waals surface area contributed by atoms with Gasteiger partial charge in [-0.05, 0) is 31.0 Å². The van der Waals surface area contributed by atoms with Gasteiger partial charge < -0.3 is 5.32 Å². The third-order valence-electron chi connectivity index (χ3n) is 3.90. The summed E-state index contributed by atoms with van der Waals surface area (Å²) in [4.78, 5) is 17.3. The standard InChI is InChI=1S/C17H26N6O7S3/c1-29-30-31-18-10-4-8-15-21-16(9-5-11-19-32(2,24)25)23-17(22-15)20-13-6-3-7-14(12-13)33(26,27)28/h3,6-7,12,18-19H,4-5,8-11H2,1-2H3,(H,26,27,28)(H,20,21,22,23). The normalized spacial score (nSPS) is 12.1. The molecule has 0 unspecified atom stereocenters. The molecular formula is C17H26N6O7S3. The molecule has 0 spiro atoms. The van der Waals surface area contributed by atoms with Gasteiger partial charge in [-0.25, -0.2) is 27.7 Å². The van der Waals surface area contributed by atoms with Crippen LogP contribution in [-0.2, 0) is 42.2 Å². The maximum Gasteiger partial charge on any atom is 0.294 e. The van der Waals surface area contributed by atoms with Crippen molar-refractivity contribution in [2.75, 3.05) is 31.8 Å². The number of aryl methyl sites for hydroxylation is 2. The lowest BCUT2D eigenvalue weighted by atomic mass is 10.2. The molecule has 184 valence electrons. The fourth-order valence-electron chi connectivity index (χ4n) is 2.53. The maximum absolute atomic E-state index is 11.4. The predicted molar refractivity (Wildman–Crippen MR) is 123 cm³/mol. The smallest absolute Gasteiger partial charge is 0.294 e. The minimum Gasteiger partial charge on any atom is -0.324 e. The highest BCUT2D eigenvalue weighted by Crippen LogP contribution is 2.18. The Bertz CT molecular complexity index is 1120. The second kappa shape index (κ2) is 13.1. The topological polar surface area (TPSA) is 182 Å². The largest absolute Gasteiger partial charge is 0.324 e. The van der Waals surface area contributed by atoms with Crippen LogP contribution in [0.4, 0.5) is 11.6 Å². The molecule has 0 atom stereocenters. The van der Waals surface area contributed by atoms with E-state index >= 15 is 0 Å². The van der Waals surface area contributed by atoms with Gasteiger partial charge in [-0.3, -0.25) is 4.55 Å². The number of hydrogen-bond donors (Lipinski definition) is 4. The summed E-state index contributed by atoms with van der Waals surface area (Å²) in [5, 5.41) is 2.92. The van der Waals surface area contributed by atoms with Crippen molar-refractivity contribution in [3.8, 4) is 0 Å². The van der Waals surface area contributed by atoms with E-state index in [4.69, 9.17) is 0 Å². The average Bonchev–Trinajstić information content (AvgIpc) is 2.73. The van der Waals surface area contributed by atoms with Crippen molar-refractivity contribution in [2.45, 2.75) is 30.6 Å². The quantitative estimate of drug-likeness (QED) is 0.0650. The predicted octanol–water partition coefficient (Wildman–Crippen LogP) is 1.01. The molecule has 16 heteroatoms. The lowest BCUT2D eigenvalue weighted by Gasteiger charge is -2.10. The van der Waals surface area contributed by atoms with Crippen LogP contribution in [0.25, 0.3) is 0 Å². The van der Waals surface area contributed by atoms with Crippen molar-refractivity contribution in [1.29, 1.82) is 0 Å². The zero-order chi connectivity index (χ0) is 24.3. The summed E-state index contributed by atoms with van der Waals surface area (Å²) in [5.74, 6) is 1.15. The molecule has 4 N–H and O–H groups in total. The Hall–Kier alpha value is -1.92. The van der Waals surface area contributed by atoms with Gasteiger partial charge in [-0.1, -0.05) is 6.07 Å². The first-order chi connectivity index (χ1) is 15.6. The fraction of sp³-hybridized carbons (Fsp3) is 0.471. The summed E-state index contributed by atoms with van der Waals surface area (Å²) < 4.78 is 64.5. The van der Waals surface area contributed by atoms with Gasteiger partial charge >= 0.3 is 0 Å². The zero-order valence-corrected chi connectivity index (χ0v) is 20.5. The molecule has 0 radical (unpaired) electrons. The Morgan fingerprint density at radius 1 is 1.03 bits per heavy atom. The van der Waals surface area contributed by atoms with Crippen LogP contribution in [-0.4, -0.2) is 62.8 Å². The summed E-state index contributed by atoms with van der Waals surface area (Å²) in [5.41, 5.74) is 0.363. The molecule has 0 saturated heterocycles. The first kappa shape index (κ1) is 27.3. The van der Waals surface area contributed by atoms with E-state index < -0.39 is 20.1 Å². The minimum absolute atomic E-state index is 0.198. The SMILES string of the molecule is COOSNCCCc1nc(CCCNS(C)(=O)=O)nc(Nc2cccc(S(=O)(=O)O)c2)n1. The van der Waals surface area contributed by atoms with Crippen molar-refractivity contribution in [1.82, 2.24) is 24.4 Å². The van der Waals surface area contributed by atoms with Crippen LogP contribution in [0.1, 0.15) is 24.5 Å². The van der Waals surface area contributed by atoms with Crippen LogP contribution in [0.3, 0.4) is 0 Å². The molecule has 0 saturated carbocycles. The zero-order valence-electron chi connectivity index (χ0n) is 18.0. The van der Waals surface area contributed by atoms with E-state index in [1.165, 1.54) is 25.3 Å². The van der Waals surface area contributed by atoms with Crippen LogP contribution >= 0.6 is 12.2 Å². The van der Waals surface area contributed by atoms with E-state index in [0.29, 0.717) is 49.6 Å². The van der Waals surface area contributed by atoms with Crippen LogP contribution in [0.5, 0.6) is 0 Å². The third kappa shape index (κ3) is 11.2. The number of benzene rings is 1. The summed E-state index contributed by atoms with van der Waals surface area (Å²) in [6, 6.07) is 5.59. The molecule has 0 fully saturated rings. The number of sulfonamides is 1. The van der Waals surface area contributed by atoms with Crippen LogP contribution in [0, 0.1) is 0 Å². The summed E-state index contributed by atoms with van der Waals surface area (Å²) in [6.45, 7) is 0.826. The number of hydrogen-bond acceptors (Lipinski definition) is 12. The van der Waals surface area contributed by atoms with E-state index in [1.54, 1.807) is 6.07 Å². The van der Waals surface area contributed by atoms with Crippen LogP contribution in [0.2, 0.25) is 0 Å². The number of nitrogens with one attached hydrogen (secondary N) is 3. The van der Waals surface area contributed by atoms with Gasteiger partial charge in [0, 0.05) is 31.6 Å². The van der Waals surface area contributed by atoms with E-state index in [-0.39, 0.29) is 17.4 Å². The molecule has 1 aromatic carbocycles. The molecule has 2 rings (SSSR count). The highest BCUT2D eigenvalue weighted by molar-refractivity contribution is 7.92. The van der Waals surface area contributed by atoms with Gasteiger partial charge in [-0.2, -0.15) is 18.4 Å². The van der Waals surface area contributed by atoms with Crippen LogP contribution < -0.4 is 14.8 Å². The first-order valence-corrected chi connectivity index (χ1v) is 13.8. The van der Waals surface area contributed by atoms with Gasteiger partial charge in [0.25, 0.3) is 10.1 Å². The number of aromatic nitrogens is 3. The van der Waals surface area contributed by atoms with Gasteiger partial charge in [0.2, 0.25) is 16.0 Å². The van der Waals surface area contributed by atoms with E-state index in [9.17, 15) is 21.4 Å². The number of anilines is 2. The van der Waals surface area contributed by atoms with Crippen molar-refractivity contribution in [3.63, 3.8) is 0 Å². The first-order valence-electron chi connectivity index (χ1n) is 9.69. The van der Waals surface area contributed by atoms with Gasteiger partial charge in [0.05, 0.1) is 18.3 Å². The molecule has 1 aromatic heterocycles. The molecule has 0 amide bonds. The maximum atomic E-state index is 11.4. The Labute approximate surface area is 197 Å². The Morgan fingerprint density at radius 2 is 1.70 bits per heavy atom. The molecule has 0 aliphatic rings. The average molecular weight is 523 g/mol. The fourth-order valence-corrected chi connectivity index (χ4v) is 3.92. The highest BCUT2D eigenvalue weighted by Gasteiger charge is 2.12. The summed E-state index contributed by atoms with van der Waals surface area (Å²) in [7, 11) is -6.25. The third-order valence-corrected chi connectivity index (χ3v) is 6.00. The van der Waals surface area contributed by atoms with Gasteiger partial charge in [-0.15, -0.1) is 4.33 Å². The number of nitrogens with zero attached hydrogens (tertiary/aromatic N) is 3. The molecule has 13 nitrogen and oxygen atoms in total. The Morgan fingerprint density at radius 3 is 2.30 bits per heavy atom. The van der Waals surface area contributed by atoms with Crippen molar-refractivity contribution < 1.29 is 30.6 Å². The van der Waals surface area contributed by atoms with E-state index in [2.05, 4.69) is 38.9 Å². The molecule has 2 aromatic rings. The van der Waals surface area contributed by atoms with E-state index in [0.717, 1.165) is 18.5 Å². The Balaban J connectivity index is 2.12. The van der Waals surface area contributed by atoms with Crippen molar-refractivity contribution in [2.24, 2.45) is 0 Å². The van der Waals surface area contributed by atoms with Gasteiger partial charge in [0.1, 0.15) is 23.9 Å². The molecule has 1 heterocycles. The van der Waals surface area contributed by atoms with Crippen molar-refractivity contribution >= 4 is 44.0 Å². The lowest BCUT2D eigenvalue weighted by Crippen LogP contribution is -2.23. The summed E-state index contributed by atoms with van der Waals surface area (Å²) >= 11 is 0.952. The molecule has 0 aliphatic heterocycles. The highest BCUT2D eigenvalue weighted by atomic mass is 32.2. The second-order valence-electron chi connectivity index (χ2n) is 6.71. The monoisotopic (exact) mass is 522 g/mol. The Kier molecular flexibility index (Phi) is 10.8. The van der Waals surface area contributed by atoms with Gasteiger partial charge in [0.15, 0.2) is 0 Å². The lowest BCUT2D eigenvalue weighted by molar-refractivity contribution is -0.161. The summed E-state index contributed by atoms with van der Waals surface area (Å²) in [6.07, 6.45) is 3.14. The van der Waals surface area contributed by atoms with Crippen LogP contribution in [0.15, 0.2) is 29.2 Å². The molecule has 0 bridgehead atoms. The van der Waals surface area contributed by atoms with E-state index in [1.807, 2.05) is 0 Å². The van der Waals surface area contributed by atoms with Crippen molar-refractivity contribution in [3.05, 3.63) is 35.9 Å². The number of rotatable bonds is 15. The molecule has 33 heavy (non-hydrogen) atoms. The second-order valence-corrected chi connectivity index (χ2v) is 10.6.